The van der Waals surface area contributed by atoms with Crippen molar-refractivity contribution in [3.63, 3.8) is 0 Å². The van der Waals surface area contributed by atoms with Crippen LogP contribution in [0.4, 0.5) is 0 Å². The summed E-state index contributed by atoms with van der Waals surface area (Å²) in [5, 5.41) is 4.33. The van der Waals surface area contributed by atoms with Crippen LogP contribution in [0, 0.1) is 0 Å². The Balaban J connectivity index is 2.43. The topological polar surface area (TPSA) is 40.0 Å². The third kappa shape index (κ3) is 9.02. The van der Waals surface area contributed by atoms with Crippen molar-refractivity contribution >= 4 is 56.4 Å². The van der Waals surface area contributed by atoms with Crippen molar-refractivity contribution in [3.05, 3.63) is 32.2 Å². The molecule has 0 aliphatic carbocycles. The third-order valence-corrected chi connectivity index (χ3v) is 3.76. The Hall–Kier alpha value is -0.620. The Bertz CT molecular complexity index is 563. The number of ether oxygens (including phenoxy) is 2. The fourth-order valence-electron chi connectivity index (χ4n) is 1.58. The van der Waals surface area contributed by atoms with E-state index in [1.807, 2.05) is 13.8 Å². The molecule has 0 spiro atoms. The molecule has 134 valence electrons. The minimum atomic E-state index is 0.156. The summed E-state index contributed by atoms with van der Waals surface area (Å²) in [6.07, 6.45) is 3.22. The van der Waals surface area contributed by atoms with Gasteiger partial charge in [0.25, 0.3) is 0 Å². The van der Waals surface area contributed by atoms with Crippen LogP contribution in [0.25, 0.3) is 0 Å². The van der Waals surface area contributed by atoms with Crippen LogP contribution < -0.4 is 9.47 Å². The molecule has 1 rings (SSSR count). The maximum absolute atomic E-state index is 6.23. The van der Waals surface area contributed by atoms with Gasteiger partial charge in [-0.05, 0) is 54.8 Å². The summed E-state index contributed by atoms with van der Waals surface area (Å²) < 4.78 is 12.1. The van der Waals surface area contributed by atoms with Gasteiger partial charge in [0.1, 0.15) is 23.5 Å². The Morgan fingerprint density at radius 2 is 1.88 bits per heavy atom. The van der Waals surface area contributed by atoms with E-state index in [-0.39, 0.29) is 11.1 Å². The molecule has 0 aliphatic rings. The minimum absolute atomic E-state index is 0.156. The quantitative estimate of drug-likeness (QED) is 0.232. The van der Waals surface area contributed by atoms with Crippen LogP contribution in [0.5, 0.6) is 11.5 Å². The van der Waals surface area contributed by atoms with Crippen molar-refractivity contribution in [2.45, 2.75) is 26.7 Å². The Kier molecular flexibility index (Phi) is 10.6. The van der Waals surface area contributed by atoms with Gasteiger partial charge >= 0.3 is 0 Å². The molecule has 0 fully saturated rings. The molecule has 0 unspecified atom stereocenters. The fourth-order valence-corrected chi connectivity index (χ4v) is 2.63. The first kappa shape index (κ1) is 21.4. The average Bonchev–Trinajstić information content (AvgIpc) is 2.47. The number of unbranched alkanes of at least 4 members (excludes halogenated alkanes) is 1. The van der Waals surface area contributed by atoms with Gasteiger partial charge in [0.2, 0.25) is 0 Å². The lowest BCUT2D eigenvalue weighted by atomic mass is 10.3. The van der Waals surface area contributed by atoms with Crippen LogP contribution in [-0.2, 0) is 4.84 Å². The van der Waals surface area contributed by atoms with E-state index < -0.39 is 0 Å². The summed E-state index contributed by atoms with van der Waals surface area (Å²) in [7, 11) is 0. The summed E-state index contributed by atoms with van der Waals surface area (Å²) >= 11 is 20.7. The molecule has 0 N–H and O–H groups in total. The summed E-state index contributed by atoms with van der Waals surface area (Å²) in [5.74, 6) is 1.17. The van der Waals surface area contributed by atoms with Crippen molar-refractivity contribution in [2.24, 2.45) is 5.16 Å². The van der Waals surface area contributed by atoms with E-state index in [4.69, 9.17) is 49.1 Å². The number of rotatable bonds is 10. The molecule has 0 aliphatic heterocycles. The van der Waals surface area contributed by atoms with Gasteiger partial charge in [0.15, 0.2) is 5.75 Å². The molecule has 0 saturated carbocycles. The number of nitrogens with zero attached hydrogens (tertiary/aromatic N) is 1. The van der Waals surface area contributed by atoms with Gasteiger partial charge in [0.05, 0.1) is 21.8 Å². The molecule has 0 aromatic heterocycles. The first-order chi connectivity index (χ1) is 11.4. The molecule has 24 heavy (non-hydrogen) atoms. The van der Waals surface area contributed by atoms with E-state index in [1.165, 1.54) is 0 Å². The first-order valence-corrected chi connectivity index (χ1v) is 9.21. The highest BCUT2D eigenvalue weighted by Crippen LogP contribution is 2.37. The summed E-state index contributed by atoms with van der Waals surface area (Å²) in [6, 6.07) is 3.46. The van der Waals surface area contributed by atoms with Gasteiger partial charge < -0.3 is 14.3 Å². The van der Waals surface area contributed by atoms with Crippen molar-refractivity contribution in [1.29, 1.82) is 0 Å². The molecule has 1 aromatic rings. The van der Waals surface area contributed by atoms with Crippen molar-refractivity contribution in [1.82, 2.24) is 0 Å². The number of oxime groups is 1. The molecule has 0 saturated heterocycles. The lowest BCUT2D eigenvalue weighted by molar-refractivity contribution is 0.135. The number of halogens is 4. The minimum Gasteiger partial charge on any atom is -0.491 e. The third-order valence-electron chi connectivity index (χ3n) is 2.58. The molecule has 8 heteroatoms. The van der Waals surface area contributed by atoms with Gasteiger partial charge in [-0.2, -0.15) is 0 Å². The highest BCUT2D eigenvalue weighted by molar-refractivity contribution is 9.10. The van der Waals surface area contributed by atoms with Crippen molar-refractivity contribution in [2.75, 3.05) is 19.8 Å². The predicted molar refractivity (Wildman–Crippen MR) is 104 cm³/mol. The smallest absolute Gasteiger partial charge is 0.152 e. The molecule has 0 bridgehead atoms. The highest BCUT2D eigenvalue weighted by atomic mass is 79.9. The number of benzene rings is 1. The van der Waals surface area contributed by atoms with Gasteiger partial charge in [-0.15, -0.1) is 0 Å². The molecule has 4 nitrogen and oxygen atoms in total. The number of hydrogen-bond acceptors (Lipinski definition) is 4. The van der Waals surface area contributed by atoms with E-state index in [1.54, 1.807) is 18.2 Å². The van der Waals surface area contributed by atoms with Crippen molar-refractivity contribution < 1.29 is 14.3 Å². The van der Waals surface area contributed by atoms with Gasteiger partial charge in [-0.3, -0.25) is 0 Å². The number of hydrogen-bond donors (Lipinski definition) is 0. The van der Waals surface area contributed by atoms with Gasteiger partial charge in [-0.1, -0.05) is 40.0 Å². The Morgan fingerprint density at radius 1 is 1.17 bits per heavy atom. The SMILES string of the molecule is CC(C)=NOCCCCOc1c(Cl)cc(OCC=C(Cl)Cl)cc1Br. The average molecular weight is 460 g/mol. The Morgan fingerprint density at radius 3 is 2.50 bits per heavy atom. The largest absolute Gasteiger partial charge is 0.491 e. The second-order valence-corrected chi connectivity index (χ2v) is 7.22. The molecule has 0 heterocycles. The van der Waals surface area contributed by atoms with Crippen LogP contribution in [0.1, 0.15) is 26.7 Å². The molecule has 0 amide bonds. The lowest BCUT2D eigenvalue weighted by Crippen LogP contribution is -2.01. The highest BCUT2D eigenvalue weighted by Gasteiger charge is 2.10. The molecule has 0 atom stereocenters. The monoisotopic (exact) mass is 457 g/mol. The van der Waals surface area contributed by atoms with Crippen LogP contribution in [0.15, 0.2) is 32.3 Å². The van der Waals surface area contributed by atoms with Crippen LogP contribution in [0.3, 0.4) is 0 Å². The lowest BCUT2D eigenvalue weighted by Gasteiger charge is -2.12. The summed E-state index contributed by atoms with van der Waals surface area (Å²) in [6.45, 7) is 5.12. The second kappa shape index (κ2) is 11.9. The van der Waals surface area contributed by atoms with E-state index in [0.717, 1.165) is 18.6 Å². The molecular formula is C16H19BrCl3NO3. The predicted octanol–water partition coefficient (Wildman–Crippen LogP) is 6.37. The zero-order valence-electron chi connectivity index (χ0n) is 13.5. The fraction of sp³-hybridized carbons (Fsp3) is 0.438. The maximum Gasteiger partial charge on any atom is 0.152 e. The Labute approximate surface area is 165 Å². The standard InChI is InChI=1S/C16H19BrCl3NO3/c1-11(2)21-24-7-4-3-6-23-16-13(17)9-12(10-14(16)18)22-8-5-15(19)20/h5,9-10H,3-4,6-8H2,1-2H3. The van der Waals surface area contributed by atoms with E-state index in [0.29, 0.717) is 34.2 Å². The molecule has 0 radical (unpaired) electrons. The van der Waals surface area contributed by atoms with Crippen molar-refractivity contribution in [3.8, 4) is 11.5 Å². The van der Waals surface area contributed by atoms with E-state index in [9.17, 15) is 0 Å². The van der Waals surface area contributed by atoms with Crippen LogP contribution >= 0.6 is 50.7 Å². The van der Waals surface area contributed by atoms with Crippen LogP contribution in [-0.4, -0.2) is 25.5 Å². The zero-order valence-corrected chi connectivity index (χ0v) is 17.3. The summed E-state index contributed by atoms with van der Waals surface area (Å²) in [5.41, 5.74) is 0.896. The second-order valence-electron chi connectivity index (χ2n) is 4.95. The van der Waals surface area contributed by atoms with Gasteiger partial charge in [0, 0.05) is 6.07 Å². The maximum atomic E-state index is 6.23. The molecule has 1 aromatic carbocycles. The first-order valence-electron chi connectivity index (χ1n) is 7.29. The zero-order chi connectivity index (χ0) is 17.9. The van der Waals surface area contributed by atoms with Gasteiger partial charge in [-0.25, -0.2) is 0 Å². The summed E-state index contributed by atoms with van der Waals surface area (Å²) in [4.78, 5) is 5.12. The molecular weight excluding hydrogens is 440 g/mol. The van der Waals surface area contributed by atoms with E-state index in [2.05, 4.69) is 21.1 Å². The van der Waals surface area contributed by atoms with Crippen LogP contribution in [0.2, 0.25) is 5.02 Å². The van der Waals surface area contributed by atoms with E-state index >= 15 is 0 Å². The normalized spacial score (nSPS) is 10.1.